The highest BCUT2D eigenvalue weighted by molar-refractivity contribution is 7.11. The summed E-state index contributed by atoms with van der Waals surface area (Å²) in [6, 6.07) is 1.75. The lowest BCUT2D eigenvalue weighted by Gasteiger charge is -1.87. The van der Waals surface area contributed by atoms with Crippen LogP contribution in [0, 0.1) is 0 Å². The molecule has 0 saturated heterocycles. The fourth-order valence-corrected chi connectivity index (χ4v) is 1.55. The van der Waals surface area contributed by atoms with Crippen LogP contribution in [0.1, 0.15) is 22.2 Å². The van der Waals surface area contributed by atoms with E-state index in [2.05, 4.69) is 0 Å². The molecular weight excluding hydrogens is 160 g/mol. The molecule has 0 aliphatic carbocycles. The quantitative estimate of drug-likeness (QED) is 0.643. The van der Waals surface area contributed by atoms with Gasteiger partial charge in [0.1, 0.15) is 5.78 Å². The molecule has 58 valence electrons. The van der Waals surface area contributed by atoms with E-state index in [0.29, 0.717) is 11.3 Å². The van der Waals surface area contributed by atoms with Crippen molar-refractivity contribution in [2.45, 2.75) is 13.3 Å². The van der Waals surface area contributed by atoms with Crippen LogP contribution in [-0.4, -0.2) is 12.1 Å². The number of Topliss-reactive ketones (excluding diaryl/α,β-unsaturated/α-hetero) is 1. The minimum absolute atomic E-state index is 0.125. The molecule has 0 aliphatic rings. The first-order valence-electron chi connectivity index (χ1n) is 3.24. The Hall–Kier alpha value is -0.960. The lowest BCUT2D eigenvalue weighted by Crippen LogP contribution is -1.93. The van der Waals surface area contributed by atoms with Crippen molar-refractivity contribution in [1.29, 1.82) is 0 Å². The van der Waals surface area contributed by atoms with Gasteiger partial charge in [0, 0.05) is 6.42 Å². The molecule has 11 heavy (non-hydrogen) atoms. The first-order chi connectivity index (χ1) is 5.22. The van der Waals surface area contributed by atoms with E-state index in [-0.39, 0.29) is 5.78 Å². The van der Waals surface area contributed by atoms with Crippen LogP contribution in [-0.2, 0) is 11.2 Å². The Kier molecular flexibility index (Phi) is 2.54. The van der Waals surface area contributed by atoms with Gasteiger partial charge in [0.2, 0.25) is 0 Å². The standard InChI is InChI=1S/C8H8O2S/c1-6(10)2-7-3-8(4-9)11-5-7/h3-5H,2H2,1H3. The second kappa shape index (κ2) is 3.44. The molecule has 0 aromatic carbocycles. The molecule has 0 spiro atoms. The molecule has 1 rings (SSSR count). The molecule has 0 atom stereocenters. The first kappa shape index (κ1) is 8.14. The molecule has 0 saturated carbocycles. The third-order valence-electron chi connectivity index (χ3n) is 1.24. The molecule has 0 amide bonds. The van der Waals surface area contributed by atoms with Crippen molar-refractivity contribution in [1.82, 2.24) is 0 Å². The van der Waals surface area contributed by atoms with Crippen molar-refractivity contribution >= 4 is 23.4 Å². The van der Waals surface area contributed by atoms with Gasteiger partial charge in [0.05, 0.1) is 4.88 Å². The number of thiophene rings is 1. The SMILES string of the molecule is CC(=O)Cc1csc(C=O)c1. The molecule has 0 fully saturated rings. The van der Waals surface area contributed by atoms with Crippen molar-refractivity contribution in [3.8, 4) is 0 Å². The normalized spacial score (nSPS) is 9.55. The molecular formula is C8H8O2S. The molecule has 1 heterocycles. The van der Waals surface area contributed by atoms with E-state index in [1.165, 1.54) is 18.3 Å². The maximum Gasteiger partial charge on any atom is 0.160 e. The van der Waals surface area contributed by atoms with Gasteiger partial charge in [-0.15, -0.1) is 11.3 Å². The molecule has 3 heteroatoms. The third kappa shape index (κ3) is 2.27. The summed E-state index contributed by atoms with van der Waals surface area (Å²) >= 11 is 1.37. The minimum Gasteiger partial charge on any atom is -0.300 e. The number of rotatable bonds is 3. The molecule has 0 unspecified atom stereocenters. The van der Waals surface area contributed by atoms with Crippen LogP contribution in [0.25, 0.3) is 0 Å². The van der Waals surface area contributed by atoms with Crippen molar-refractivity contribution in [3.63, 3.8) is 0 Å². The van der Waals surface area contributed by atoms with Crippen molar-refractivity contribution in [2.75, 3.05) is 0 Å². The summed E-state index contributed by atoms with van der Waals surface area (Å²) in [6.45, 7) is 1.54. The highest BCUT2D eigenvalue weighted by Gasteiger charge is 2.00. The zero-order valence-electron chi connectivity index (χ0n) is 6.16. The highest BCUT2D eigenvalue weighted by atomic mass is 32.1. The van der Waals surface area contributed by atoms with Gasteiger partial charge in [0.25, 0.3) is 0 Å². The fourth-order valence-electron chi connectivity index (χ4n) is 0.836. The summed E-state index contributed by atoms with van der Waals surface area (Å²) in [6.07, 6.45) is 1.23. The van der Waals surface area contributed by atoms with E-state index in [0.717, 1.165) is 11.8 Å². The predicted molar refractivity (Wildman–Crippen MR) is 44.1 cm³/mol. The van der Waals surface area contributed by atoms with Crippen LogP contribution in [0.2, 0.25) is 0 Å². The number of aldehydes is 1. The molecule has 0 radical (unpaired) electrons. The van der Waals surface area contributed by atoms with Crippen LogP contribution < -0.4 is 0 Å². The van der Waals surface area contributed by atoms with E-state index in [9.17, 15) is 9.59 Å². The topological polar surface area (TPSA) is 34.1 Å². The second-order valence-corrected chi connectivity index (χ2v) is 3.30. The lowest BCUT2D eigenvalue weighted by atomic mass is 10.2. The monoisotopic (exact) mass is 168 g/mol. The Balaban J connectivity index is 2.72. The maximum absolute atomic E-state index is 10.6. The fraction of sp³-hybridized carbons (Fsp3) is 0.250. The zero-order chi connectivity index (χ0) is 8.27. The van der Waals surface area contributed by atoms with E-state index >= 15 is 0 Å². The number of hydrogen-bond donors (Lipinski definition) is 0. The summed E-state index contributed by atoms with van der Waals surface area (Å²) in [5, 5.41) is 1.84. The van der Waals surface area contributed by atoms with Gasteiger partial charge in [0.15, 0.2) is 6.29 Å². The van der Waals surface area contributed by atoms with Crippen molar-refractivity contribution in [3.05, 3.63) is 21.9 Å². The van der Waals surface area contributed by atoms with Crippen LogP contribution in [0.3, 0.4) is 0 Å². The van der Waals surface area contributed by atoms with Gasteiger partial charge in [-0.05, 0) is 23.9 Å². The van der Waals surface area contributed by atoms with Gasteiger partial charge in [-0.1, -0.05) is 0 Å². The number of hydrogen-bond acceptors (Lipinski definition) is 3. The Labute approximate surface area is 68.9 Å². The van der Waals surface area contributed by atoms with Crippen LogP contribution in [0.4, 0.5) is 0 Å². The summed E-state index contributed by atoms with van der Waals surface area (Å²) in [7, 11) is 0. The van der Waals surface area contributed by atoms with Crippen molar-refractivity contribution < 1.29 is 9.59 Å². The summed E-state index contributed by atoms with van der Waals surface area (Å²) < 4.78 is 0. The molecule has 0 aliphatic heterocycles. The first-order valence-corrected chi connectivity index (χ1v) is 4.12. The summed E-state index contributed by atoms with van der Waals surface area (Å²) in [5.41, 5.74) is 0.935. The molecule has 1 aromatic heterocycles. The van der Waals surface area contributed by atoms with Crippen LogP contribution in [0.15, 0.2) is 11.4 Å². The Morgan fingerprint density at radius 3 is 2.91 bits per heavy atom. The predicted octanol–water partition coefficient (Wildman–Crippen LogP) is 1.69. The number of ketones is 1. The van der Waals surface area contributed by atoms with E-state index < -0.39 is 0 Å². The van der Waals surface area contributed by atoms with E-state index in [1.807, 2.05) is 5.38 Å². The smallest absolute Gasteiger partial charge is 0.160 e. The maximum atomic E-state index is 10.6. The Morgan fingerprint density at radius 1 is 1.73 bits per heavy atom. The molecule has 0 bridgehead atoms. The van der Waals surface area contributed by atoms with Gasteiger partial charge >= 0.3 is 0 Å². The Morgan fingerprint density at radius 2 is 2.45 bits per heavy atom. The van der Waals surface area contributed by atoms with E-state index in [1.54, 1.807) is 6.07 Å². The average Bonchev–Trinajstić information content (AvgIpc) is 2.34. The van der Waals surface area contributed by atoms with Crippen LogP contribution in [0.5, 0.6) is 0 Å². The largest absolute Gasteiger partial charge is 0.300 e. The molecule has 0 N–H and O–H groups in total. The minimum atomic E-state index is 0.125. The van der Waals surface area contributed by atoms with Gasteiger partial charge in [-0.25, -0.2) is 0 Å². The third-order valence-corrected chi connectivity index (χ3v) is 2.15. The van der Waals surface area contributed by atoms with E-state index in [4.69, 9.17) is 0 Å². The van der Waals surface area contributed by atoms with Gasteiger partial charge < -0.3 is 0 Å². The zero-order valence-corrected chi connectivity index (χ0v) is 6.98. The van der Waals surface area contributed by atoms with Gasteiger partial charge in [-0.2, -0.15) is 0 Å². The summed E-state index contributed by atoms with van der Waals surface area (Å²) in [4.78, 5) is 21.5. The summed E-state index contributed by atoms with van der Waals surface area (Å²) in [5.74, 6) is 0.125. The average molecular weight is 168 g/mol. The lowest BCUT2D eigenvalue weighted by molar-refractivity contribution is -0.116. The van der Waals surface area contributed by atoms with Crippen LogP contribution >= 0.6 is 11.3 Å². The highest BCUT2D eigenvalue weighted by Crippen LogP contribution is 2.12. The van der Waals surface area contributed by atoms with Gasteiger partial charge in [-0.3, -0.25) is 9.59 Å². The second-order valence-electron chi connectivity index (χ2n) is 2.35. The molecule has 1 aromatic rings. The number of carbonyl (C=O) groups is 2. The van der Waals surface area contributed by atoms with Crippen molar-refractivity contribution in [2.24, 2.45) is 0 Å². The number of carbonyl (C=O) groups excluding carboxylic acids is 2. The Bertz CT molecular complexity index is 275. The molecule has 2 nitrogen and oxygen atoms in total.